The van der Waals surface area contributed by atoms with Crippen LogP contribution in [-0.4, -0.2) is 0 Å². The van der Waals surface area contributed by atoms with E-state index in [0.29, 0.717) is 0 Å². The van der Waals surface area contributed by atoms with Gasteiger partial charge in [0.15, 0.2) is 0 Å². The molecule has 66 heavy (non-hydrogen) atoms. The number of fused-ring (bicyclic) bond motifs is 18. The standard InChI is InChI=1S/C66H38/c1-3-19-39(20-4-1)57-45-27-7-9-29-47(45)63-59-49(57)35-37-55-61(59)62-56(65(63)51-31-15-11-23-41(51)42-24-12-16-32-52(42)65)38-36-50-58(40-21-5-2-6-22-40)46-28-8-10-30-48(46)64(60(50)62)66(55)53-33-17-13-25-43(53)44-26-14-18-34-54(44)66/h1-38H. The van der Waals surface area contributed by atoms with E-state index >= 15 is 0 Å². The number of hydrogen-bond donors (Lipinski definition) is 0. The topological polar surface area (TPSA) is 0 Å². The molecule has 0 heteroatoms. The fourth-order valence-corrected chi connectivity index (χ4v) is 14.2. The lowest BCUT2D eigenvalue weighted by Crippen LogP contribution is -2.37. The third kappa shape index (κ3) is 3.86. The molecule has 0 aliphatic heterocycles. The van der Waals surface area contributed by atoms with Gasteiger partial charge in [0, 0.05) is 0 Å². The normalized spacial score (nSPS) is 14.6. The molecule has 0 fully saturated rings. The molecule has 0 saturated carbocycles. The Morgan fingerprint density at radius 3 is 0.864 bits per heavy atom. The number of benzene rings is 12. The first-order valence-corrected chi connectivity index (χ1v) is 23.4. The maximum absolute atomic E-state index is 2.56. The van der Waals surface area contributed by atoms with Crippen molar-refractivity contribution in [3.63, 3.8) is 0 Å². The van der Waals surface area contributed by atoms with Crippen LogP contribution in [-0.2, 0) is 10.8 Å². The molecule has 0 amide bonds. The molecule has 0 atom stereocenters. The second kappa shape index (κ2) is 12.3. The van der Waals surface area contributed by atoms with E-state index in [1.807, 2.05) is 0 Å². The van der Waals surface area contributed by atoms with Crippen LogP contribution in [0.1, 0.15) is 44.5 Å². The minimum atomic E-state index is -0.610. The van der Waals surface area contributed by atoms with Crippen LogP contribution in [0, 0.1) is 0 Å². The largest absolute Gasteiger partial charge is 0.0732 e. The third-order valence-electron chi connectivity index (χ3n) is 16.2. The van der Waals surface area contributed by atoms with Crippen molar-refractivity contribution in [3.05, 3.63) is 275 Å². The van der Waals surface area contributed by atoms with Gasteiger partial charge in [0.1, 0.15) is 0 Å². The molecule has 12 aromatic rings. The summed E-state index contributed by atoms with van der Waals surface area (Å²) in [5, 5.41) is 10.6. The van der Waals surface area contributed by atoms with Gasteiger partial charge in [-0.3, -0.25) is 0 Å². The molecule has 4 aliphatic rings. The minimum absolute atomic E-state index is 0.610. The maximum Gasteiger partial charge on any atom is 0.0732 e. The van der Waals surface area contributed by atoms with Crippen LogP contribution < -0.4 is 0 Å². The molecule has 0 radical (unpaired) electrons. The van der Waals surface area contributed by atoms with E-state index in [-0.39, 0.29) is 0 Å². The Bertz CT molecular complexity index is 3790. The Labute approximate surface area is 382 Å². The zero-order valence-electron chi connectivity index (χ0n) is 35.9. The van der Waals surface area contributed by atoms with Crippen molar-refractivity contribution < 1.29 is 0 Å². The fourth-order valence-electron chi connectivity index (χ4n) is 14.2. The molecule has 302 valence electrons. The van der Waals surface area contributed by atoms with E-state index in [1.54, 1.807) is 0 Å². The smallest absolute Gasteiger partial charge is 0.0622 e. The Hall–Kier alpha value is -8.32. The van der Waals surface area contributed by atoms with Crippen molar-refractivity contribution in [2.24, 2.45) is 0 Å². The molecule has 0 nitrogen and oxygen atoms in total. The molecule has 16 rings (SSSR count). The van der Waals surface area contributed by atoms with Gasteiger partial charge in [-0.1, -0.05) is 231 Å². The summed E-state index contributed by atoms with van der Waals surface area (Å²) in [6.45, 7) is 0. The molecule has 0 N–H and O–H groups in total. The van der Waals surface area contributed by atoms with Crippen molar-refractivity contribution in [1.82, 2.24) is 0 Å². The van der Waals surface area contributed by atoms with Gasteiger partial charge in [0.05, 0.1) is 10.8 Å². The van der Waals surface area contributed by atoms with Crippen LogP contribution in [0.5, 0.6) is 0 Å². The summed E-state index contributed by atoms with van der Waals surface area (Å²) in [5.74, 6) is 0. The van der Waals surface area contributed by atoms with Crippen molar-refractivity contribution in [2.45, 2.75) is 10.8 Å². The first-order chi connectivity index (χ1) is 32.8. The van der Waals surface area contributed by atoms with Gasteiger partial charge < -0.3 is 0 Å². The Morgan fingerprint density at radius 2 is 0.500 bits per heavy atom. The van der Waals surface area contributed by atoms with Crippen LogP contribution in [0.15, 0.2) is 231 Å². The molecular weight excluding hydrogens is 793 g/mol. The van der Waals surface area contributed by atoms with E-state index in [2.05, 4.69) is 231 Å². The van der Waals surface area contributed by atoms with Crippen LogP contribution in [0.3, 0.4) is 0 Å². The van der Waals surface area contributed by atoms with Gasteiger partial charge in [-0.05, 0) is 143 Å². The molecule has 0 heterocycles. The highest BCUT2D eigenvalue weighted by Gasteiger charge is 2.57. The van der Waals surface area contributed by atoms with E-state index in [9.17, 15) is 0 Å². The maximum atomic E-state index is 2.56. The van der Waals surface area contributed by atoms with Crippen LogP contribution in [0.2, 0.25) is 0 Å². The predicted octanol–water partition coefficient (Wildman–Crippen LogP) is 16.7. The summed E-state index contributed by atoms with van der Waals surface area (Å²) in [7, 11) is 0. The summed E-state index contributed by atoms with van der Waals surface area (Å²) in [6.07, 6.45) is 0. The third-order valence-corrected chi connectivity index (χ3v) is 16.2. The van der Waals surface area contributed by atoms with Gasteiger partial charge in [-0.2, -0.15) is 0 Å². The predicted molar refractivity (Wildman–Crippen MR) is 274 cm³/mol. The van der Waals surface area contributed by atoms with Crippen LogP contribution in [0.4, 0.5) is 0 Å². The highest BCUT2D eigenvalue weighted by Crippen LogP contribution is 2.71. The van der Waals surface area contributed by atoms with Gasteiger partial charge in [0.2, 0.25) is 0 Å². The fraction of sp³-hybridized carbons (Fsp3) is 0.0303. The van der Waals surface area contributed by atoms with Gasteiger partial charge in [-0.15, -0.1) is 0 Å². The highest BCUT2D eigenvalue weighted by molar-refractivity contribution is 6.29. The zero-order chi connectivity index (χ0) is 42.9. The second-order valence-electron chi connectivity index (χ2n) is 18.8. The molecular formula is C66H38. The SMILES string of the molecule is c1ccc(-c2c3ccccc3c3c4c5c(ccc24)C2(c4ccccc4-c4ccccc42)c2c4ccccc4c(-c4ccccc4)c4ccc(c-5c24)C32c3ccccc3-c3ccccc32)cc1. The van der Waals surface area contributed by atoms with Gasteiger partial charge >= 0.3 is 0 Å². The summed E-state index contributed by atoms with van der Waals surface area (Å²) in [4.78, 5) is 0. The molecule has 0 aromatic heterocycles. The van der Waals surface area contributed by atoms with Crippen molar-refractivity contribution >= 4 is 43.1 Å². The lowest BCUT2D eigenvalue weighted by Gasteiger charge is -2.48. The molecule has 12 aromatic carbocycles. The quantitative estimate of drug-likeness (QED) is 0.152. The zero-order valence-corrected chi connectivity index (χ0v) is 35.9. The molecule has 0 bridgehead atoms. The first-order valence-electron chi connectivity index (χ1n) is 23.4. The van der Waals surface area contributed by atoms with E-state index in [1.165, 1.54) is 143 Å². The Morgan fingerprint density at radius 1 is 0.197 bits per heavy atom. The lowest BCUT2D eigenvalue weighted by atomic mass is 9.53. The number of hydrogen-bond acceptors (Lipinski definition) is 0. The molecule has 4 aliphatic carbocycles. The van der Waals surface area contributed by atoms with Gasteiger partial charge in [0.25, 0.3) is 0 Å². The molecule has 2 spiro atoms. The average molecular weight is 831 g/mol. The lowest BCUT2D eigenvalue weighted by molar-refractivity contribution is 0.759. The summed E-state index contributed by atoms with van der Waals surface area (Å²) >= 11 is 0. The van der Waals surface area contributed by atoms with E-state index in [4.69, 9.17) is 0 Å². The Balaban J connectivity index is 1.26. The van der Waals surface area contributed by atoms with Gasteiger partial charge in [-0.25, -0.2) is 0 Å². The highest BCUT2D eigenvalue weighted by atomic mass is 14.6. The summed E-state index contributed by atoms with van der Waals surface area (Å²) in [6, 6.07) is 88.4. The summed E-state index contributed by atoms with van der Waals surface area (Å²) in [5.41, 5.74) is 22.9. The van der Waals surface area contributed by atoms with Crippen molar-refractivity contribution in [1.29, 1.82) is 0 Å². The molecule has 0 saturated heterocycles. The second-order valence-corrected chi connectivity index (χ2v) is 18.8. The monoisotopic (exact) mass is 830 g/mol. The van der Waals surface area contributed by atoms with E-state index in [0.717, 1.165) is 0 Å². The summed E-state index contributed by atoms with van der Waals surface area (Å²) < 4.78 is 0. The first kappa shape index (κ1) is 35.1. The van der Waals surface area contributed by atoms with E-state index < -0.39 is 10.8 Å². The van der Waals surface area contributed by atoms with Crippen LogP contribution in [0.25, 0.3) is 98.7 Å². The molecule has 0 unspecified atom stereocenters. The minimum Gasteiger partial charge on any atom is -0.0622 e. The Kier molecular flexibility index (Phi) is 6.52. The van der Waals surface area contributed by atoms with Crippen molar-refractivity contribution in [3.8, 4) is 55.6 Å². The number of rotatable bonds is 2. The van der Waals surface area contributed by atoms with Crippen LogP contribution >= 0.6 is 0 Å². The van der Waals surface area contributed by atoms with Crippen molar-refractivity contribution in [2.75, 3.05) is 0 Å². The average Bonchev–Trinajstić information content (AvgIpc) is 3.84.